The molecule has 0 aromatic carbocycles. The molecule has 0 rings (SSSR count). The molecule has 0 fully saturated rings. The van der Waals surface area contributed by atoms with Gasteiger partial charge in [-0.2, -0.15) is 0 Å². The summed E-state index contributed by atoms with van der Waals surface area (Å²) in [6.07, 6.45) is 1.64. The maximum absolute atomic E-state index is 11.2. The molecule has 0 heterocycles. The SMILES string of the molecule is C=S(C)(=O)N(C)CCNC. The summed E-state index contributed by atoms with van der Waals surface area (Å²) in [7, 11) is 1.70. The van der Waals surface area contributed by atoms with E-state index in [9.17, 15) is 4.21 Å². The van der Waals surface area contributed by atoms with Crippen LogP contribution in [0.15, 0.2) is 0 Å². The third-order valence-corrected chi connectivity index (χ3v) is 2.84. The first kappa shape index (κ1) is 9.94. The van der Waals surface area contributed by atoms with Crippen molar-refractivity contribution in [1.82, 2.24) is 9.62 Å². The fourth-order valence-corrected chi connectivity index (χ4v) is 0.940. The highest BCUT2D eigenvalue weighted by Gasteiger charge is 2.02. The molecule has 62 valence electrons. The van der Waals surface area contributed by atoms with Crippen molar-refractivity contribution >= 4 is 15.6 Å². The summed E-state index contributed by atoms with van der Waals surface area (Å²) in [6.45, 7) is 1.62. The number of rotatable bonds is 4. The zero-order chi connectivity index (χ0) is 8.20. The van der Waals surface area contributed by atoms with Gasteiger partial charge in [0.05, 0.1) is 0 Å². The lowest BCUT2D eigenvalue weighted by Crippen LogP contribution is -2.31. The molecular formula is C6H16N2OS. The number of hydrogen-bond acceptors (Lipinski definition) is 2. The second-order valence-electron chi connectivity index (χ2n) is 2.41. The van der Waals surface area contributed by atoms with Crippen LogP contribution in [0.1, 0.15) is 0 Å². The standard InChI is InChI=1S/C6H16N2OS/c1-7-5-6-8(2)10(3,4)9/h7H,3,5-6H2,1-2,4H3. The maximum atomic E-state index is 11.2. The van der Waals surface area contributed by atoms with Crippen LogP contribution in [-0.4, -0.2) is 47.8 Å². The van der Waals surface area contributed by atoms with E-state index in [2.05, 4.69) is 11.2 Å². The van der Waals surface area contributed by atoms with E-state index in [1.54, 1.807) is 10.6 Å². The smallest absolute Gasteiger partial charge is 0.0243 e. The lowest BCUT2D eigenvalue weighted by Gasteiger charge is -2.17. The van der Waals surface area contributed by atoms with E-state index in [1.165, 1.54) is 0 Å². The van der Waals surface area contributed by atoms with E-state index < -0.39 is 9.71 Å². The van der Waals surface area contributed by atoms with E-state index in [0.29, 0.717) is 0 Å². The number of nitrogens with one attached hydrogen (secondary N) is 1. The van der Waals surface area contributed by atoms with Gasteiger partial charge in [-0.3, -0.25) is 4.21 Å². The highest BCUT2D eigenvalue weighted by atomic mass is 32.2. The Hall–Kier alpha value is -0.0600. The number of likely N-dealkylation sites (N-methyl/N-ethyl adjacent to an activating group) is 2. The Balaban J connectivity index is 3.75. The molecule has 10 heavy (non-hydrogen) atoms. The molecule has 0 aliphatic carbocycles. The molecular weight excluding hydrogens is 148 g/mol. The minimum absolute atomic E-state index is 0.773. The van der Waals surface area contributed by atoms with Crippen LogP contribution in [0.4, 0.5) is 0 Å². The molecule has 0 radical (unpaired) electrons. The molecule has 0 saturated heterocycles. The summed E-state index contributed by atoms with van der Waals surface area (Å²) in [5.41, 5.74) is 0. The zero-order valence-electron chi connectivity index (χ0n) is 6.89. The quantitative estimate of drug-likeness (QED) is 0.563. The normalized spacial score (nSPS) is 17.2. The fraction of sp³-hybridized carbons (Fsp3) is 0.833. The summed E-state index contributed by atoms with van der Waals surface area (Å²) in [5, 5.41) is 2.98. The average molecular weight is 164 g/mol. The lowest BCUT2D eigenvalue weighted by molar-refractivity contribution is 0.514. The first-order valence-electron chi connectivity index (χ1n) is 3.16. The third kappa shape index (κ3) is 3.87. The van der Waals surface area contributed by atoms with E-state index in [4.69, 9.17) is 0 Å². The van der Waals surface area contributed by atoms with Crippen molar-refractivity contribution < 1.29 is 4.21 Å². The van der Waals surface area contributed by atoms with Gasteiger partial charge in [0.25, 0.3) is 0 Å². The van der Waals surface area contributed by atoms with Crippen LogP contribution in [0.5, 0.6) is 0 Å². The van der Waals surface area contributed by atoms with Crippen LogP contribution in [-0.2, 0) is 9.71 Å². The molecule has 0 saturated carbocycles. The number of nitrogens with zero attached hydrogens (tertiary/aromatic N) is 1. The van der Waals surface area contributed by atoms with Gasteiger partial charge in [0, 0.05) is 29.1 Å². The monoisotopic (exact) mass is 164 g/mol. The second-order valence-corrected chi connectivity index (χ2v) is 4.96. The molecule has 0 aromatic heterocycles. The highest BCUT2D eigenvalue weighted by molar-refractivity contribution is 7.97. The number of hydrogen-bond donors (Lipinski definition) is 1. The average Bonchev–Trinajstić information content (AvgIpc) is 1.80. The van der Waals surface area contributed by atoms with Crippen molar-refractivity contribution in [3.63, 3.8) is 0 Å². The van der Waals surface area contributed by atoms with Crippen molar-refractivity contribution in [2.24, 2.45) is 0 Å². The van der Waals surface area contributed by atoms with Crippen LogP contribution < -0.4 is 5.32 Å². The third-order valence-electron chi connectivity index (χ3n) is 1.34. The fourth-order valence-electron chi connectivity index (χ4n) is 0.462. The Morgan fingerprint density at radius 2 is 2.20 bits per heavy atom. The Morgan fingerprint density at radius 3 is 2.50 bits per heavy atom. The van der Waals surface area contributed by atoms with E-state index >= 15 is 0 Å². The Bertz CT molecular complexity index is 174. The van der Waals surface area contributed by atoms with Crippen LogP contribution in [0.25, 0.3) is 0 Å². The molecule has 0 amide bonds. The van der Waals surface area contributed by atoms with Gasteiger partial charge < -0.3 is 5.32 Å². The molecule has 0 aliphatic rings. The van der Waals surface area contributed by atoms with Crippen molar-refractivity contribution in [1.29, 1.82) is 0 Å². The topological polar surface area (TPSA) is 32.3 Å². The lowest BCUT2D eigenvalue weighted by atomic mass is 10.6. The molecule has 1 atom stereocenters. The van der Waals surface area contributed by atoms with Gasteiger partial charge in [-0.05, 0) is 20.0 Å². The summed E-state index contributed by atoms with van der Waals surface area (Å²) in [6, 6.07) is 0. The van der Waals surface area contributed by atoms with Gasteiger partial charge in [0.2, 0.25) is 0 Å². The van der Waals surface area contributed by atoms with Gasteiger partial charge in [-0.1, -0.05) is 0 Å². The predicted molar refractivity (Wildman–Crippen MR) is 47.7 cm³/mol. The zero-order valence-corrected chi connectivity index (χ0v) is 7.70. The summed E-state index contributed by atoms with van der Waals surface area (Å²) in [5.74, 6) is 3.55. The van der Waals surface area contributed by atoms with Gasteiger partial charge in [0.15, 0.2) is 0 Å². The van der Waals surface area contributed by atoms with Crippen LogP contribution >= 0.6 is 0 Å². The van der Waals surface area contributed by atoms with E-state index in [-0.39, 0.29) is 0 Å². The Labute approximate surface area is 63.6 Å². The molecule has 0 spiro atoms. The van der Waals surface area contributed by atoms with Gasteiger partial charge in [-0.25, -0.2) is 4.31 Å². The van der Waals surface area contributed by atoms with Crippen molar-refractivity contribution in [3.8, 4) is 0 Å². The molecule has 1 N–H and O–H groups in total. The maximum Gasteiger partial charge on any atom is 0.0243 e. The predicted octanol–water partition coefficient (Wildman–Crippen LogP) is -0.601. The van der Waals surface area contributed by atoms with Gasteiger partial charge in [-0.15, -0.1) is 0 Å². The molecule has 3 nitrogen and oxygen atoms in total. The Morgan fingerprint density at radius 1 is 1.70 bits per heavy atom. The van der Waals surface area contributed by atoms with Gasteiger partial charge in [0.1, 0.15) is 0 Å². The van der Waals surface area contributed by atoms with Crippen molar-refractivity contribution in [3.05, 3.63) is 0 Å². The second kappa shape index (κ2) is 3.95. The van der Waals surface area contributed by atoms with Crippen LogP contribution in [0, 0.1) is 0 Å². The van der Waals surface area contributed by atoms with Gasteiger partial charge >= 0.3 is 0 Å². The molecule has 0 bridgehead atoms. The van der Waals surface area contributed by atoms with Crippen molar-refractivity contribution in [2.45, 2.75) is 0 Å². The minimum atomic E-state index is -1.98. The first-order chi connectivity index (χ1) is 4.48. The largest absolute Gasteiger partial charge is 0.318 e. The Kier molecular flexibility index (Phi) is 3.93. The molecule has 0 aliphatic heterocycles. The highest BCUT2D eigenvalue weighted by Crippen LogP contribution is 1.89. The summed E-state index contributed by atoms with van der Waals surface area (Å²) >= 11 is 0. The molecule has 1 unspecified atom stereocenters. The summed E-state index contributed by atoms with van der Waals surface area (Å²) in [4.78, 5) is 0. The van der Waals surface area contributed by atoms with Crippen LogP contribution in [0.2, 0.25) is 0 Å². The van der Waals surface area contributed by atoms with E-state index in [1.807, 2.05) is 14.1 Å². The minimum Gasteiger partial charge on any atom is -0.318 e. The molecule has 4 heteroatoms. The van der Waals surface area contributed by atoms with Crippen LogP contribution in [0.3, 0.4) is 0 Å². The first-order valence-corrected chi connectivity index (χ1v) is 5.26. The van der Waals surface area contributed by atoms with Crippen molar-refractivity contribution in [2.75, 3.05) is 33.4 Å². The molecule has 0 aromatic rings. The van der Waals surface area contributed by atoms with E-state index in [0.717, 1.165) is 13.1 Å². The summed E-state index contributed by atoms with van der Waals surface area (Å²) < 4.78 is 12.9.